The number of carbonyl (C=O) groups excluding carboxylic acids is 1. The van der Waals surface area contributed by atoms with Crippen LogP contribution < -0.4 is 14.5 Å². The number of carbonyl (C=O) groups is 1. The molecule has 8 heteroatoms. The topological polar surface area (TPSA) is 92.7 Å². The molecule has 0 N–H and O–H groups in total. The second-order valence-corrected chi connectivity index (χ2v) is 4.29. The van der Waals surface area contributed by atoms with Crippen molar-refractivity contribution in [3.05, 3.63) is 35.5 Å². The van der Waals surface area contributed by atoms with Crippen LogP contribution in [0, 0.1) is 0 Å². The predicted molar refractivity (Wildman–Crippen MR) is 74.8 cm³/mol. The third-order valence-electron chi connectivity index (χ3n) is 2.83. The maximum atomic E-state index is 12.1. The number of benzene rings is 1. The van der Waals surface area contributed by atoms with Crippen LogP contribution in [-0.2, 0) is 11.8 Å². The quantitative estimate of drug-likeness (QED) is 0.435. The van der Waals surface area contributed by atoms with Gasteiger partial charge in [-0.15, -0.1) is 4.68 Å². The van der Waals surface area contributed by atoms with Gasteiger partial charge >= 0.3 is 5.97 Å². The van der Waals surface area contributed by atoms with Gasteiger partial charge in [-0.3, -0.25) is 0 Å². The summed E-state index contributed by atoms with van der Waals surface area (Å²) < 4.78 is 11.0. The van der Waals surface area contributed by atoms with Gasteiger partial charge in [-0.2, -0.15) is 0 Å². The second-order valence-electron chi connectivity index (χ2n) is 4.29. The van der Waals surface area contributed by atoms with Gasteiger partial charge in [0.1, 0.15) is 18.0 Å². The van der Waals surface area contributed by atoms with E-state index in [9.17, 15) is 9.90 Å². The lowest BCUT2D eigenvalue weighted by Crippen LogP contribution is -2.38. The highest BCUT2D eigenvalue weighted by Crippen LogP contribution is 2.11. The predicted octanol–water partition coefficient (Wildman–Crippen LogP) is -0.151. The second kappa shape index (κ2) is 6.70. The van der Waals surface area contributed by atoms with Crippen LogP contribution in [-0.4, -0.2) is 35.9 Å². The zero-order valence-electron chi connectivity index (χ0n) is 12.5. The third kappa shape index (κ3) is 3.22. The van der Waals surface area contributed by atoms with E-state index in [1.54, 1.807) is 38.3 Å². The summed E-state index contributed by atoms with van der Waals surface area (Å²) >= 11 is 0. The first-order valence-corrected chi connectivity index (χ1v) is 6.58. The summed E-state index contributed by atoms with van der Waals surface area (Å²) in [5.41, 5.74) is 0.588. The van der Waals surface area contributed by atoms with Crippen LogP contribution in [0.25, 0.3) is 0 Å². The van der Waals surface area contributed by atoms with Crippen LogP contribution in [0.2, 0.25) is 0 Å². The van der Waals surface area contributed by atoms with Crippen molar-refractivity contribution in [1.29, 1.82) is 0 Å². The maximum absolute atomic E-state index is 12.1. The SMILES string of the molecule is CCOC(=O)c1c([O-])n(/N=C/c2ccc(OC)cc2)n[n+]1C. The van der Waals surface area contributed by atoms with E-state index >= 15 is 0 Å². The fourth-order valence-corrected chi connectivity index (χ4v) is 1.75. The normalized spacial score (nSPS) is 10.9. The summed E-state index contributed by atoms with van der Waals surface area (Å²) in [7, 11) is 3.06. The minimum absolute atomic E-state index is 0.172. The molecule has 8 nitrogen and oxygen atoms in total. The molecule has 2 rings (SSSR count). The molecule has 0 bridgehead atoms. The molecule has 2 aromatic rings. The number of hydrogen-bond acceptors (Lipinski definition) is 6. The maximum Gasteiger partial charge on any atom is 0.383 e. The summed E-state index contributed by atoms with van der Waals surface area (Å²) in [6, 6.07) is 7.10. The van der Waals surface area contributed by atoms with Crippen molar-refractivity contribution in [1.82, 2.24) is 10.0 Å². The highest BCUT2D eigenvalue weighted by molar-refractivity contribution is 5.87. The average molecular weight is 304 g/mol. The van der Waals surface area contributed by atoms with E-state index in [0.29, 0.717) is 0 Å². The van der Waals surface area contributed by atoms with E-state index in [-0.39, 0.29) is 12.3 Å². The van der Waals surface area contributed by atoms with Crippen molar-refractivity contribution in [2.75, 3.05) is 13.7 Å². The van der Waals surface area contributed by atoms with E-state index in [1.807, 2.05) is 0 Å². The van der Waals surface area contributed by atoms with Crippen LogP contribution >= 0.6 is 0 Å². The van der Waals surface area contributed by atoms with Crippen LogP contribution in [0.4, 0.5) is 0 Å². The summed E-state index contributed by atoms with van der Waals surface area (Å²) in [6.07, 6.45) is 1.46. The molecule has 116 valence electrons. The molecule has 0 amide bonds. The van der Waals surface area contributed by atoms with E-state index < -0.39 is 11.8 Å². The number of aryl methyl sites for hydroxylation is 1. The van der Waals surface area contributed by atoms with Gasteiger partial charge < -0.3 is 14.6 Å². The molecule has 0 aliphatic carbocycles. The molecule has 0 radical (unpaired) electrons. The molecule has 0 atom stereocenters. The molecule has 0 aliphatic heterocycles. The summed E-state index contributed by atoms with van der Waals surface area (Å²) in [4.78, 5) is 12.5. The number of methoxy groups -OCH3 is 1. The van der Waals surface area contributed by atoms with E-state index in [0.717, 1.165) is 20.8 Å². The number of hydrogen-bond donors (Lipinski definition) is 0. The molecule has 0 fully saturated rings. The number of nitrogens with zero attached hydrogens (tertiary/aromatic N) is 4. The fraction of sp³-hybridized carbons (Fsp3) is 0.286. The Morgan fingerprint density at radius 3 is 2.73 bits per heavy atom. The molecule has 1 heterocycles. The monoisotopic (exact) mass is 304 g/mol. The van der Waals surface area contributed by atoms with Gasteiger partial charge in [0, 0.05) is 0 Å². The van der Waals surface area contributed by atoms with Gasteiger partial charge in [-0.05, 0) is 41.5 Å². The highest BCUT2D eigenvalue weighted by Gasteiger charge is 2.24. The lowest BCUT2D eigenvalue weighted by molar-refractivity contribution is -0.734. The lowest BCUT2D eigenvalue weighted by Gasteiger charge is -2.01. The molecule has 22 heavy (non-hydrogen) atoms. The first-order valence-electron chi connectivity index (χ1n) is 6.58. The van der Waals surface area contributed by atoms with E-state index in [4.69, 9.17) is 9.47 Å². The van der Waals surface area contributed by atoms with Crippen molar-refractivity contribution >= 4 is 12.2 Å². The Labute approximate surface area is 127 Å². The van der Waals surface area contributed by atoms with Crippen molar-refractivity contribution in [2.45, 2.75) is 6.92 Å². The Hall–Kier alpha value is -2.90. The molecule has 0 unspecified atom stereocenters. The lowest BCUT2D eigenvalue weighted by atomic mass is 10.2. The summed E-state index contributed by atoms with van der Waals surface area (Å²) in [6.45, 7) is 1.84. The van der Waals surface area contributed by atoms with Gasteiger partial charge in [0.05, 0.1) is 19.9 Å². The minimum Gasteiger partial charge on any atom is -0.836 e. The van der Waals surface area contributed by atoms with Crippen molar-refractivity contribution in [3.63, 3.8) is 0 Å². The number of rotatable bonds is 5. The van der Waals surface area contributed by atoms with Crippen molar-refractivity contribution < 1.29 is 24.1 Å². The van der Waals surface area contributed by atoms with Gasteiger partial charge in [-0.1, -0.05) is 5.10 Å². The Kier molecular flexibility index (Phi) is 4.72. The number of aromatic nitrogens is 3. The van der Waals surface area contributed by atoms with E-state index in [1.165, 1.54) is 13.3 Å². The molecule has 0 saturated heterocycles. The zero-order valence-corrected chi connectivity index (χ0v) is 12.5. The van der Waals surface area contributed by atoms with Crippen LogP contribution in [0.15, 0.2) is 29.4 Å². The Morgan fingerprint density at radius 1 is 1.45 bits per heavy atom. The standard InChI is InChI=1S/C14H16N4O4/c1-4-22-14(20)12-13(19)18(16-17(12)2)15-9-10-5-7-11(21-3)8-6-10/h5-9H,4H2,1-3H3/b15-9+. The Bertz CT molecular complexity index is 692. The average Bonchev–Trinajstić information content (AvgIpc) is 2.80. The molecular weight excluding hydrogens is 288 g/mol. The highest BCUT2D eigenvalue weighted by atomic mass is 16.5. The molecule has 0 spiro atoms. The summed E-state index contributed by atoms with van der Waals surface area (Å²) in [5, 5.41) is 19.9. The molecule has 0 saturated carbocycles. The Morgan fingerprint density at radius 2 is 2.14 bits per heavy atom. The largest absolute Gasteiger partial charge is 0.836 e. The molecular formula is C14H16N4O4. The third-order valence-corrected chi connectivity index (χ3v) is 2.83. The van der Waals surface area contributed by atoms with Gasteiger partial charge in [-0.25, -0.2) is 4.79 Å². The number of esters is 1. The van der Waals surface area contributed by atoms with Crippen LogP contribution in [0.5, 0.6) is 11.6 Å². The number of ether oxygens (including phenoxy) is 2. The summed E-state index contributed by atoms with van der Waals surface area (Å²) in [5.74, 6) is -0.636. The van der Waals surface area contributed by atoms with Gasteiger partial charge in [0.15, 0.2) is 5.88 Å². The molecule has 1 aromatic carbocycles. The molecule has 0 aliphatic rings. The Balaban J connectivity index is 2.24. The van der Waals surface area contributed by atoms with Crippen molar-refractivity contribution in [2.24, 2.45) is 12.1 Å². The molecule has 1 aromatic heterocycles. The minimum atomic E-state index is -0.721. The fourth-order valence-electron chi connectivity index (χ4n) is 1.75. The first kappa shape index (κ1) is 15.5. The van der Waals surface area contributed by atoms with Gasteiger partial charge in [0.2, 0.25) is 0 Å². The van der Waals surface area contributed by atoms with Crippen molar-refractivity contribution in [3.8, 4) is 11.6 Å². The van der Waals surface area contributed by atoms with Crippen LogP contribution in [0.3, 0.4) is 0 Å². The smallest absolute Gasteiger partial charge is 0.383 e. The van der Waals surface area contributed by atoms with E-state index in [2.05, 4.69) is 10.3 Å². The van der Waals surface area contributed by atoms with Gasteiger partial charge in [0.25, 0.3) is 5.69 Å². The first-order chi connectivity index (χ1) is 10.6. The van der Waals surface area contributed by atoms with Crippen LogP contribution in [0.1, 0.15) is 23.0 Å². The zero-order chi connectivity index (χ0) is 16.1.